The van der Waals surface area contributed by atoms with Crippen LogP contribution in [0, 0.1) is 0 Å². The average molecular weight is 311 g/mol. The van der Waals surface area contributed by atoms with Crippen LogP contribution in [0.25, 0.3) is 0 Å². The minimum Gasteiger partial charge on any atom is -0.366 e. The summed E-state index contributed by atoms with van der Waals surface area (Å²) in [5.41, 5.74) is 5.36. The second-order valence-corrected chi connectivity index (χ2v) is 6.94. The van der Waals surface area contributed by atoms with E-state index in [0.29, 0.717) is 6.54 Å². The Morgan fingerprint density at radius 3 is 2.90 bits per heavy atom. The lowest BCUT2D eigenvalue weighted by molar-refractivity contribution is 0.1000. The molecule has 0 radical (unpaired) electrons. The molecular formula is C14H21N3O3S. The fourth-order valence-corrected chi connectivity index (χ4v) is 3.77. The van der Waals surface area contributed by atoms with E-state index >= 15 is 0 Å². The molecule has 0 aromatic heterocycles. The Morgan fingerprint density at radius 2 is 2.24 bits per heavy atom. The number of carbonyl (C=O) groups excluding carboxylic acids is 1. The highest BCUT2D eigenvalue weighted by Crippen LogP contribution is 2.17. The zero-order valence-electron chi connectivity index (χ0n) is 12.1. The van der Waals surface area contributed by atoms with Crippen LogP contribution in [0.2, 0.25) is 0 Å². The van der Waals surface area contributed by atoms with Gasteiger partial charge >= 0.3 is 0 Å². The van der Waals surface area contributed by atoms with Crippen LogP contribution in [0.4, 0.5) is 0 Å². The number of amides is 1. The van der Waals surface area contributed by atoms with E-state index < -0.39 is 15.9 Å². The van der Waals surface area contributed by atoms with Crippen molar-refractivity contribution >= 4 is 15.9 Å². The molecule has 1 aromatic carbocycles. The third kappa shape index (κ3) is 3.81. The Kier molecular flexibility index (Phi) is 4.97. The molecule has 21 heavy (non-hydrogen) atoms. The Hall–Kier alpha value is -1.44. The second kappa shape index (κ2) is 6.55. The maximum Gasteiger partial charge on any atom is 0.248 e. The smallest absolute Gasteiger partial charge is 0.248 e. The van der Waals surface area contributed by atoms with Gasteiger partial charge in [0.15, 0.2) is 0 Å². The summed E-state index contributed by atoms with van der Waals surface area (Å²) in [6.07, 6.45) is 2.09. The number of rotatable bonds is 6. The minimum atomic E-state index is -3.62. The van der Waals surface area contributed by atoms with Gasteiger partial charge in [0.05, 0.1) is 4.90 Å². The predicted molar refractivity (Wildman–Crippen MR) is 80.4 cm³/mol. The van der Waals surface area contributed by atoms with Crippen molar-refractivity contribution < 1.29 is 13.2 Å². The van der Waals surface area contributed by atoms with Crippen molar-refractivity contribution in [3.8, 4) is 0 Å². The zero-order chi connectivity index (χ0) is 15.5. The number of nitrogens with zero attached hydrogens (tertiary/aromatic N) is 1. The van der Waals surface area contributed by atoms with E-state index in [9.17, 15) is 13.2 Å². The number of likely N-dealkylation sites (N-methyl/N-ethyl adjacent to an activating group) is 1. The van der Waals surface area contributed by atoms with E-state index in [1.54, 1.807) is 0 Å². The average Bonchev–Trinajstić information content (AvgIpc) is 2.93. The van der Waals surface area contributed by atoms with Gasteiger partial charge in [-0.2, -0.15) is 0 Å². The summed E-state index contributed by atoms with van der Waals surface area (Å²) in [6.45, 7) is 4.39. The lowest BCUT2D eigenvalue weighted by Crippen LogP contribution is -2.40. The molecule has 0 aliphatic carbocycles. The Morgan fingerprint density at radius 1 is 1.48 bits per heavy atom. The van der Waals surface area contributed by atoms with Crippen LogP contribution >= 0.6 is 0 Å². The highest BCUT2D eigenvalue weighted by atomic mass is 32.2. The van der Waals surface area contributed by atoms with Gasteiger partial charge in [-0.3, -0.25) is 9.69 Å². The number of hydrogen-bond acceptors (Lipinski definition) is 4. The van der Waals surface area contributed by atoms with Gasteiger partial charge in [-0.1, -0.05) is 13.0 Å². The number of primary amides is 1. The van der Waals surface area contributed by atoms with Crippen LogP contribution in [-0.4, -0.2) is 44.9 Å². The first-order chi connectivity index (χ1) is 9.94. The molecule has 0 spiro atoms. The van der Waals surface area contributed by atoms with Gasteiger partial charge in [0.25, 0.3) is 0 Å². The number of nitrogens with one attached hydrogen (secondary N) is 1. The number of carbonyl (C=O) groups is 1. The normalized spacial score (nSPS) is 19.8. The van der Waals surface area contributed by atoms with Crippen molar-refractivity contribution in [3.63, 3.8) is 0 Å². The van der Waals surface area contributed by atoms with Gasteiger partial charge in [0, 0.05) is 18.2 Å². The molecule has 2 rings (SSSR count). The fourth-order valence-electron chi connectivity index (χ4n) is 2.65. The third-order valence-electron chi connectivity index (χ3n) is 3.84. The molecule has 1 atom stereocenters. The van der Waals surface area contributed by atoms with Gasteiger partial charge in [-0.25, -0.2) is 13.1 Å². The molecular weight excluding hydrogens is 290 g/mol. The summed E-state index contributed by atoms with van der Waals surface area (Å²) in [5.74, 6) is -0.639. The molecule has 1 unspecified atom stereocenters. The molecule has 1 amide bonds. The zero-order valence-corrected chi connectivity index (χ0v) is 12.9. The SMILES string of the molecule is CCN1CCCC1CNS(=O)(=O)c1cccc(C(N)=O)c1. The fraction of sp³-hybridized carbons (Fsp3) is 0.500. The van der Waals surface area contributed by atoms with Gasteiger partial charge in [0.1, 0.15) is 0 Å². The third-order valence-corrected chi connectivity index (χ3v) is 5.26. The van der Waals surface area contributed by atoms with Crippen LogP contribution in [0.3, 0.4) is 0 Å². The van der Waals surface area contributed by atoms with Crippen molar-refractivity contribution in [2.24, 2.45) is 5.73 Å². The first-order valence-electron chi connectivity index (χ1n) is 7.07. The lowest BCUT2D eigenvalue weighted by atomic mass is 10.2. The lowest BCUT2D eigenvalue weighted by Gasteiger charge is -2.22. The molecule has 1 heterocycles. The number of hydrogen-bond donors (Lipinski definition) is 2. The van der Waals surface area contributed by atoms with E-state index in [4.69, 9.17) is 5.73 Å². The molecule has 7 heteroatoms. The van der Waals surface area contributed by atoms with Crippen LogP contribution in [0.15, 0.2) is 29.2 Å². The largest absolute Gasteiger partial charge is 0.366 e. The van der Waals surface area contributed by atoms with Crippen molar-refractivity contribution in [2.75, 3.05) is 19.6 Å². The highest BCUT2D eigenvalue weighted by Gasteiger charge is 2.25. The summed E-state index contributed by atoms with van der Waals surface area (Å²) < 4.78 is 27.2. The summed E-state index contributed by atoms with van der Waals surface area (Å²) in [4.78, 5) is 13.5. The van der Waals surface area contributed by atoms with Gasteiger partial charge in [-0.05, 0) is 44.1 Å². The summed E-state index contributed by atoms with van der Waals surface area (Å²) in [6, 6.07) is 6.02. The van der Waals surface area contributed by atoms with Gasteiger partial charge in [-0.15, -0.1) is 0 Å². The first-order valence-corrected chi connectivity index (χ1v) is 8.56. The molecule has 1 aliphatic rings. The molecule has 6 nitrogen and oxygen atoms in total. The quantitative estimate of drug-likeness (QED) is 0.802. The number of sulfonamides is 1. The minimum absolute atomic E-state index is 0.0693. The predicted octanol–water partition coefficient (Wildman–Crippen LogP) is 0.548. The standard InChI is InChI=1S/C14H21N3O3S/c1-2-17-8-4-6-12(17)10-16-21(19,20)13-7-3-5-11(9-13)14(15)18/h3,5,7,9,12,16H,2,4,6,8,10H2,1H3,(H2,15,18). The Bertz CT molecular complexity index is 616. The molecule has 116 valence electrons. The first kappa shape index (κ1) is 15.9. The molecule has 3 N–H and O–H groups in total. The molecule has 1 aromatic rings. The monoisotopic (exact) mass is 311 g/mol. The Labute approximate surface area is 125 Å². The van der Waals surface area contributed by atoms with Crippen molar-refractivity contribution in [2.45, 2.75) is 30.7 Å². The maximum absolute atomic E-state index is 12.3. The van der Waals surface area contributed by atoms with Crippen molar-refractivity contribution in [3.05, 3.63) is 29.8 Å². The van der Waals surface area contributed by atoms with E-state index in [2.05, 4.69) is 16.5 Å². The Balaban J connectivity index is 2.08. The van der Waals surface area contributed by atoms with Gasteiger partial charge in [0.2, 0.25) is 15.9 Å². The second-order valence-electron chi connectivity index (χ2n) is 5.17. The number of benzene rings is 1. The molecule has 1 saturated heterocycles. The van der Waals surface area contributed by atoms with Crippen LogP contribution < -0.4 is 10.5 Å². The van der Waals surface area contributed by atoms with E-state index in [1.807, 2.05) is 0 Å². The molecule has 1 fully saturated rings. The van der Waals surface area contributed by atoms with Crippen LogP contribution in [-0.2, 0) is 10.0 Å². The number of nitrogens with two attached hydrogens (primary N) is 1. The van der Waals surface area contributed by atoms with Gasteiger partial charge < -0.3 is 5.73 Å². The molecule has 0 saturated carbocycles. The molecule has 0 bridgehead atoms. The van der Waals surface area contributed by atoms with Crippen molar-refractivity contribution in [1.82, 2.24) is 9.62 Å². The van der Waals surface area contributed by atoms with E-state index in [0.717, 1.165) is 25.9 Å². The number of likely N-dealkylation sites (tertiary alicyclic amines) is 1. The van der Waals surface area contributed by atoms with Crippen molar-refractivity contribution in [1.29, 1.82) is 0 Å². The van der Waals surface area contributed by atoms with Crippen LogP contribution in [0.1, 0.15) is 30.1 Å². The summed E-state index contributed by atoms with van der Waals surface area (Å²) >= 11 is 0. The molecule has 1 aliphatic heterocycles. The van der Waals surface area contributed by atoms with Crippen LogP contribution in [0.5, 0.6) is 0 Å². The maximum atomic E-state index is 12.3. The van der Waals surface area contributed by atoms with E-state index in [-0.39, 0.29) is 16.5 Å². The summed E-state index contributed by atoms with van der Waals surface area (Å²) in [5, 5.41) is 0. The summed E-state index contributed by atoms with van der Waals surface area (Å²) in [7, 11) is -3.62. The highest BCUT2D eigenvalue weighted by molar-refractivity contribution is 7.89. The topological polar surface area (TPSA) is 92.5 Å². The van der Waals surface area contributed by atoms with E-state index in [1.165, 1.54) is 24.3 Å².